The fourth-order valence-corrected chi connectivity index (χ4v) is 2.62. The first-order valence-corrected chi connectivity index (χ1v) is 8.09. The Morgan fingerprint density at radius 3 is 2.50 bits per heavy atom. The predicted octanol–water partition coefficient (Wildman–Crippen LogP) is 5.06. The second kappa shape index (κ2) is 6.89. The van der Waals surface area contributed by atoms with Crippen LogP contribution in [-0.2, 0) is 4.79 Å². The van der Waals surface area contributed by atoms with Crippen molar-refractivity contribution in [3.63, 3.8) is 0 Å². The molecular weight excluding hydrogens is 326 g/mol. The highest BCUT2D eigenvalue weighted by molar-refractivity contribution is 6.30. The van der Waals surface area contributed by atoms with E-state index in [1.54, 1.807) is 30.3 Å². The quantitative estimate of drug-likeness (QED) is 0.660. The van der Waals surface area contributed by atoms with Crippen molar-refractivity contribution in [2.75, 3.05) is 5.32 Å². The van der Waals surface area contributed by atoms with Crippen molar-refractivity contribution < 1.29 is 14.0 Å². The minimum atomic E-state index is -0.297. The molecule has 1 amide bonds. The molecule has 0 aliphatic carbocycles. The van der Waals surface area contributed by atoms with Gasteiger partial charge in [-0.1, -0.05) is 30.7 Å². The third-order valence-electron chi connectivity index (χ3n) is 3.65. The average molecular weight is 342 g/mol. The molecule has 0 atom stereocenters. The summed E-state index contributed by atoms with van der Waals surface area (Å²) in [5.74, 6) is -0.313. The number of carbonyl (C=O) groups excluding carboxylic acids is 2. The van der Waals surface area contributed by atoms with Crippen LogP contribution in [0.5, 0.6) is 0 Å². The largest absolute Gasteiger partial charge is 0.450 e. The van der Waals surface area contributed by atoms with Crippen molar-refractivity contribution in [1.29, 1.82) is 0 Å². The highest BCUT2D eigenvalue weighted by Gasteiger charge is 2.23. The Morgan fingerprint density at radius 2 is 1.79 bits per heavy atom. The first kappa shape index (κ1) is 16.3. The van der Waals surface area contributed by atoms with Crippen molar-refractivity contribution >= 4 is 39.9 Å². The lowest BCUT2D eigenvalue weighted by Gasteiger charge is -2.05. The molecule has 0 bridgehead atoms. The van der Waals surface area contributed by atoms with Crippen molar-refractivity contribution in [1.82, 2.24) is 0 Å². The second-order valence-corrected chi connectivity index (χ2v) is 5.87. The Kier molecular flexibility index (Phi) is 4.67. The molecule has 1 heterocycles. The molecule has 1 aromatic heterocycles. The van der Waals surface area contributed by atoms with Gasteiger partial charge in [0.05, 0.1) is 5.69 Å². The summed E-state index contributed by atoms with van der Waals surface area (Å²) in [6.07, 6.45) is 1.11. The lowest BCUT2D eigenvalue weighted by Crippen LogP contribution is -2.13. The van der Waals surface area contributed by atoms with Crippen LogP contribution in [0, 0.1) is 0 Å². The highest BCUT2D eigenvalue weighted by atomic mass is 35.5. The topological polar surface area (TPSA) is 59.3 Å². The van der Waals surface area contributed by atoms with E-state index >= 15 is 0 Å². The van der Waals surface area contributed by atoms with Crippen LogP contribution in [0.3, 0.4) is 0 Å². The zero-order valence-electron chi connectivity index (χ0n) is 13.1. The van der Waals surface area contributed by atoms with E-state index in [0.29, 0.717) is 33.7 Å². The standard InChI is InChI=1S/C19H16ClNO3/c1-2-5-16(22)21-17-14-6-3-4-7-15(14)24-19(17)18(23)12-8-10-13(20)11-9-12/h3-4,6-11H,2,5H2,1H3,(H,21,22). The Bertz CT molecular complexity index is 897. The maximum absolute atomic E-state index is 12.8. The minimum absolute atomic E-state index is 0.128. The molecule has 3 aromatic rings. The Morgan fingerprint density at radius 1 is 1.08 bits per heavy atom. The summed E-state index contributed by atoms with van der Waals surface area (Å²) in [4.78, 5) is 24.8. The molecule has 0 radical (unpaired) electrons. The van der Waals surface area contributed by atoms with Crippen LogP contribution < -0.4 is 5.32 Å². The smallest absolute Gasteiger partial charge is 0.230 e. The number of amides is 1. The van der Waals surface area contributed by atoms with Crippen LogP contribution >= 0.6 is 11.6 Å². The van der Waals surface area contributed by atoms with Gasteiger partial charge in [0.15, 0.2) is 5.76 Å². The Labute approximate surface area is 144 Å². The van der Waals surface area contributed by atoms with Crippen LogP contribution in [0.2, 0.25) is 5.02 Å². The van der Waals surface area contributed by atoms with Crippen LogP contribution in [0.15, 0.2) is 52.9 Å². The molecule has 1 N–H and O–H groups in total. The number of hydrogen-bond donors (Lipinski definition) is 1. The number of rotatable bonds is 5. The van der Waals surface area contributed by atoms with E-state index in [1.807, 2.05) is 25.1 Å². The third-order valence-corrected chi connectivity index (χ3v) is 3.90. The molecule has 4 nitrogen and oxygen atoms in total. The fraction of sp³-hybridized carbons (Fsp3) is 0.158. The van der Waals surface area contributed by atoms with Crippen LogP contribution in [0.25, 0.3) is 11.0 Å². The maximum atomic E-state index is 12.8. The summed E-state index contributed by atoms with van der Waals surface area (Å²) >= 11 is 5.87. The van der Waals surface area contributed by atoms with E-state index in [0.717, 1.165) is 6.42 Å². The summed E-state index contributed by atoms with van der Waals surface area (Å²) in [5, 5.41) is 4.07. The van der Waals surface area contributed by atoms with Crippen LogP contribution in [0.1, 0.15) is 35.9 Å². The van der Waals surface area contributed by atoms with E-state index in [2.05, 4.69) is 5.32 Å². The summed E-state index contributed by atoms with van der Waals surface area (Å²) < 4.78 is 5.73. The molecule has 0 saturated heterocycles. The normalized spacial score (nSPS) is 10.8. The van der Waals surface area contributed by atoms with Gasteiger partial charge in [-0.3, -0.25) is 9.59 Å². The van der Waals surface area contributed by atoms with Crippen LogP contribution in [-0.4, -0.2) is 11.7 Å². The first-order valence-electron chi connectivity index (χ1n) is 7.71. The van der Waals surface area contributed by atoms with Gasteiger partial charge in [0.2, 0.25) is 11.7 Å². The molecule has 0 spiro atoms. The van der Waals surface area contributed by atoms with E-state index in [1.165, 1.54) is 0 Å². The molecular formula is C19H16ClNO3. The highest BCUT2D eigenvalue weighted by Crippen LogP contribution is 2.32. The number of nitrogens with one attached hydrogen (secondary N) is 1. The van der Waals surface area contributed by atoms with E-state index in [9.17, 15) is 9.59 Å². The number of benzene rings is 2. The van der Waals surface area contributed by atoms with Gasteiger partial charge in [-0.25, -0.2) is 0 Å². The summed E-state index contributed by atoms with van der Waals surface area (Å²) in [6.45, 7) is 1.92. The number of hydrogen-bond acceptors (Lipinski definition) is 3. The van der Waals surface area contributed by atoms with E-state index in [4.69, 9.17) is 16.0 Å². The zero-order valence-corrected chi connectivity index (χ0v) is 13.9. The van der Waals surface area contributed by atoms with Crippen LogP contribution in [0.4, 0.5) is 5.69 Å². The van der Waals surface area contributed by atoms with Gasteiger partial charge in [0.1, 0.15) is 5.58 Å². The van der Waals surface area contributed by atoms with Crippen molar-refractivity contribution in [2.45, 2.75) is 19.8 Å². The number of halogens is 1. The lowest BCUT2D eigenvalue weighted by molar-refractivity contribution is -0.116. The molecule has 5 heteroatoms. The molecule has 0 unspecified atom stereocenters. The van der Waals surface area contributed by atoms with Gasteiger partial charge in [-0.15, -0.1) is 0 Å². The number of fused-ring (bicyclic) bond motifs is 1. The molecule has 0 aliphatic rings. The number of furan rings is 1. The summed E-state index contributed by atoms with van der Waals surface area (Å²) in [6, 6.07) is 13.8. The zero-order chi connectivity index (χ0) is 17.1. The fourth-order valence-electron chi connectivity index (χ4n) is 2.49. The summed E-state index contributed by atoms with van der Waals surface area (Å²) in [5.41, 5.74) is 1.43. The van der Waals surface area contributed by atoms with Crippen molar-refractivity contribution in [3.8, 4) is 0 Å². The first-order chi connectivity index (χ1) is 11.6. The maximum Gasteiger partial charge on any atom is 0.230 e. The monoisotopic (exact) mass is 341 g/mol. The molecule has 0 saturated carbocycles. The molecule has 0 aliphatic heterocycles. The lowest BCUT2D eigenvalue weighted by atomic mass is 10.1. The molecule has 122 valence electrons. The Balaban J connectivity index is 2.07. The number of anilines is 1. The SMILES string of the molecule is CCCC(=O)Nc1c(C(=O)c2ccc(Cl)cc2)oc2ccccc12. The number of ketones is 1. The van der Waals surface area contributed by atoms with Gasteiger partial charge < -0.3 is 9.73 Å². The molecule has 2 aromatic carbocycles. The number of para-hydroxylation sites is 1. The second-order valence-electron chi connectivity index (χ2n) is 5.44. The molecule has 0 fully saturated rings. The van der Waals surface area contributed by atoms with Gasteiger partial charge in [-0.2, -0.15) is 0 Å². The molecule has 24 heavy (non-hydrogen) atoms. The van der Waals surface area contributed by atoms with Gasteiger partial charge in [0.25, 0.3) is 0 Å². The van der Waals surface area contributed by atoms with Crippen molar-refractivity contribution in [2.24, 2.45) is 0 Å². The minimum Gasteiger partial charge on any atom is -0.450 e. The van der Waals surface area contributed by atoms with Crippen molar-refractivity contribution in [3.05, 3.63) is 64.9 Å². The summed E-state index contributed by atoms with van der Waals surface area (Å²) in [7, 11) is 0. The average Bonchev–Trinajstić information content (AvgIpc) is 2.94. The van der Waals surface area contributed by atoms with E-state index in [-0.39, 0.29) is 17.5 Å². The number of carbonyl (C=O) groups is 2. The Hall–Kier alpha value is -2.59. The van der Waals surface area contributed by atoms with Gasteiger partial charge in [-0.05, 0) is 42.8 Å². The predicted molar refractivity (Wildman–Crippen MR) is 94.6 cm³/mol. The van der Waals surface area contributed by atoms with Gasteiger partial charge >= 0.3 is 0 Å². The van der Waals surface area contributed by atoms with E-state index < -0.39 is 0 Å². The molecule has 3 rings (SSSR count). The van der Waals surface area contributed by atoms with Gasteiger partial charge in [0, 0.05) is 22.4 Å². The third kappa shape index (κ3) is 3.19.